The third-order valence-electron chi connectivity index (χ3n) is 1.87. The van der Waals surface area contributed by atoms with Crippen molar-refractivity contribution < 1.29 is 13.2 Å². The normalized spacial score (nSPS) is 11.1. The minimum absolute atomic E-state index is 0.282. The highest BCUT2D eigenvalue weighted by atomic mass is 79.9. The molecule has 0 spiro atoms. The second-order valence-corrected chi connectivity index (χ2v) is 3.79. The maximum atomic E-state index is 12.3. The lowest BCUT2D eigenvalue weighted by Crippen LogP contribution is -2.05. The summed E-state index contributed by atoms with van der Waals surface area (Å²) in [5.74, 6) is 0. The van der Waals surface area contributed by atoms with Crippen LogP contribution in [-0.4, -0.2) is 6.54 Å². The molecule has 0 aliphatic rings. The van der Waals surface area contributed by atoms with Gasteiger partial charge in [0.15, 0.2) is 0 Å². The summed E-state index contributed by atoms with van der Waals surface area (Å²) in [5.41, 5.74) is 0.0416. The Morgan fingerprint density at radius 2 is 2.00 bits per heavy atom. The largest absolute Gasteiger partial charge is 0.416 e. The minimum Gasteiger partial charge on any atom is -0.317 e. The maximum Gasteiger partial charge on any atom is 0.416 e. The van der Waals surface area contributed by atoms with Crippen molar-refractivity contribution >= 4 is 15.9 Å². The van der Waals surface area contributed by atoms with Gasteiger partial charge in [-0.2, -0.15) is 13.2 Å². The standard InChI is InChI=1S/C10H7BrF3N/c1-15-5-4-7-2-3-8(6-9(7)11)10(12,13)14/h2-3,6H,4-5H2. The quantitative estimate of drug-likeness (QED) is 0.722. The molecule has 1 rings (SSSR count). The highest BCUT2D eigenvalue weighted by Crippen LogP contribution is 2.32. The number of benzene rings is 1. The third-order valence-corrected chi connectivity index (χ3v) is 2.61. The van der Waals surface area contributed by atoms with Gasteiger partial charge in [-0.15, -0.1) is 0 Å². The van der Waals surface area contributed by atoms with Crippen molar-refractivity contribution in [1.29, 1.82) is 0 Å². The molecule has 0 fully saturated rings. The molecule has 0 atom stereocenters. The number of rotatable bonds is 2. The van der Waals surface area contributed by atoms with E-state index in [1.54, 1.807) is 0 Å². The van der Waals surface area contributed by atoms with Crippen molar-refractivity contribution in [1.82, 2.24) is 0 Å². The van der Waals surface area contributed by atoms with Gasteiger partial charge in [0, 0.05) is 10.9 Å². The van der Waals surface area contributed by atoms with Crippen molar-refractivity contribution in [2.45, 2.75) is 12.6 Å². The van der Waals surface area contributed by atoms with Crippen LogP contribution in [0.15, 0.2) is 22.7 Å². The van der Waals surface area contributed by atoms with E-state index in [1.165, 1.54) is 6.07 Å². The molecule has 5 heteroatoms. The Labute approximate surface area is 93.9 Å². The molecule has 0 aliphatic heterocycles. The fraction of sp³-hybridized carbons (Fsp3) is 0.300. The first-order chi connectivity index (χ1) is 6.95. The predicted molar refractivity (Wildman–Crippen MR) is 54.3 cm³/mol. The molecule has 0 heterocycles. The lowest BCUT2D eigenvalue weighted by molar-refractivity contribution is -0.137. The van der Waals surface area contributed by atoms with Crippen molar-refractivity contribution in [2.75, 3.05) is 6.54 Å². The summed E-state index contributed by atoms with van der Waals surface area (Å²) < 4.78 is 37.3. The van der Waals surface area contributed by atoms with Gasteiger partial charge in [-0.05, 0) is 17.7 Å². The fourth-order valence-electron chi connectivity index (χ4n) is 1.10. The Bertz CT molecular complexity index is 393. The molecule has 0 amide bonds. The Morgan fingerprint density at radius 1 is 1.33 bits per heavy atom. The van der Waals surface area contributed by atoms with E-state index in [-0.39, 0.29) is 6.54 Å². The summed E-state index contributed by atoms with van der Waals surface area (Å²) in [7, 11) is 0. The van der Waals surface area contributed by atoms with E-state index in [0.717, 1.165) is 17.7 Å². The molecule has 80 valence electrons. The summed E-state index contributed by atoms with van der Waals surface area (Å²) in [6, 6.07) is 3.47. The molecular formula is C10H7BrF3N. The van der Waals surface area contributed by atoms with Crippen molar-refractivity contribution in [2.24, 2.45) is 0 Å². The van der Waals surface area contributed by atoms with Crippen LogP contribution in [0.2, 0.25) is 0 Å². The van der Waals surface area contributed by atoms with Gasteiger partial charge in [0.05, 0.1) is 5.56 Å². The number of hydrogen-bond acceptors (Lipinski definition) is 0. The van der Waals surface area contributed by atoms with Crippen LogP contribution in [0.5, 0.6) is 0 Å². The van der Waals surface area contributed by atoms with Crippen molar-refractivity contribution in [3.8, 4) is 0 Å². The summed E-state index contributed by atoms with van der Waals surface area (Å²) in [5, 5.41) is 0. The van der Waals surface area contributed by atoms with E-state index in [1.807, 2.05) is 0 Å². The second-order valence-electron chi connectivity index (χ2n) is 2.94. The van der Waals surface area contributed by atoms with Crippen LogP contribution in [0.1, 0.15) is 11.1 Å². The molecule has 0 unspecified atom stereocenters. The Morgan fingerprint density at radius 3 is 2.47 bits per heavy atom. The Kier molecular flexibility index (Phi) is 3.75. The number of alkyl halides is 3. The Hall–Kier alpha value is -1.02. The van der Waals surface area contributed by atoms with E-state index >= 15 is 0 Å². The van der Waals surface area contributed by atoms with E-state index in [2.05, 4.69) is 20.8 Å². The van der Waals surface area contributed by atoms with Crippen LogP contribution in [0, 0.1) is 6.57 Å². The van der Waals surface area contributed by atoms with E-state index in [0.29, 0.717) is 10.9 Å². The number of hydrogen-bond donors (Lipinski definition) is 0. The lowest BCUT2D eigenvalue weighted by Gasteiger charge is -2.08. The molecule has 0 saturated carbocycles. The number of nitrogens with zero attached hydrogens (tertiary/aromatic N) is 1. The molecule has 0 radical (unpaired) electrons. The number of halogens is 4. The van der Waals surface area contributed by atoms with Crippen LogP contribution in [0.4, 0.5) is 13.2 Å². The third kappa shape index (κ3) is 3.24. The average Bonchev–Trinajstić information content (AvgIpc) is 2.14. The van der Waals surface area contributed by atoms with Crippen molar-refractivity contribution in [3.63, 3.8) is 0 Å². The van der Waals surface area contributed by atoms with Gasteiger partial charge in [0.25, 0.3) is 0 Å². The monoisotopic (exact) mass is 277 g/mol. The van der Waals surface area contributed by atoms with Crippen LogP contribution >= 0.6 is 15.9 Å². The van der Waals surface area contributed by atoms with Gasteiger partial charge < -0.3 is 4.85 Å². The van der Waals surface area contributed by atoms with E-state index in [9.17, 15) is 13.2 Å². The Balaban J connectivity index is 2.94. The smallest absolute Gasteiger partial charge is 0.317 e. The van der Waals surface area contributed by atoms with Gasteiger partial charge in [0.1, 0.15) is 0 Å². The van der Waals surface area contributed by atoms with E-state index < -0.39 is 11.7 Å². The van der Waals surface area contributed by atoms with E-state index in [4.69, 9.17) is 6.57 Å². The molecule has 0 saturated heterocycles. The fourth-order valence-corrected chi connectivity index (χ4v) is 1.68. The van der Waals surface area contributed by atoms with Gasteiger partial charge in [-0.1, -0.05) is 22.0 Å². The second kappa shape index (κ2) is 4.67. The first-order valence-corrected chi connectivity index (χ1v) is 4.93. The lowest BCUT2D eigenvalue weighted by atomic mass is 10.1. The van der Waals surface area contributed by atoms with Gasteiger partial charge in [-0.25, -0.2) is 6.57 Å². The van der Waals surface area contributed by atoms with Crippen LogP contribution in [0.25, 0.3) is 4.85 Å². The van der Waals surface area contributed by atoms with Crippen LogP contribution in [0.3, 0.4) is 0 Å². The molecule has 1 aromatic rings. The zero-order valence-electron chi connectivity index (χ0n) is 7.61. The molecule has 0 bridgehead atoms. The predicted octanol–water partition coefficient (Wildman–Crippen LogP) is 3.93. The zero-order chi connectivity index (χ0) is 11.5. The average molecular weight is 278 g/mol. The summed E-state index contributed by atoms with van der Waals surface area (Å²) in [4.78, 5) is 3.15. The molecule has 0 N–H and O–H groups in total. The molecule has 1 aromatic carbocycles. The first-order valence-electron chi connectivity index (χ1n) is 4.14. The molecule has 0 aromatic heterocycles. The maximum absolute atomic E-state index is 12.3. The topological polar surface area (TPSA) is 4.36 Å². The highest BCUT2D eigenvalue weighted by Gasteiger charge is 2.30. The van der Waals surface area contributed by atoms with Gasteiger partial charge in [-0.3, -0.25) is 0 Å². The molecular weight excluding hydrogens is 271 g/mol. The minimum atomic E-state index is -4.32. The molecule has 15 heavy (non-hydrogen) atoms. The van der Waals surface area contributed by atoms with Crippen molar-refractivity contribution in [3.05, 3.63) is 45.2 Å². The van der Waals surface area contributed by atoms with Crippen LogP contribution in [-0.2, 0) is 12.6 Å². The molecule has 1 nitrogen and oxygen atoms in total. The molecule has 0 aliphatic carbocycles. The van der Waals surface area contributed by atoms with Gasteiger partial charge in [0.2, 0.25) is 6.54 Å². The van der Waals surface area contributed by atoms with Crippen LogP contribution < -0.4 is 0 Å². The SMILES string of the molecule is [C-]#[N+]CCc1ccc(C(F)(F)F)cc1Br. The van der Waals surface area contributed by atoms with Gasteiger partial charge >= 0.3 is 6.18 Å². The first kappa shape index (κ1) is 12.1. The summed E-state index contributed by atoms with van der Waals surface area (Å²) in [6.45, 7) is 6.88. The highest BCUT2D eigenvalue weighted by molar-refractivity contribution is 9.10. The zero-order valence-corrected chi connectivity index (χ0v) is 9.19. The summed E-state index contributed by atoms with van der Waals surface area (Å²) in [6.07, 6.45) is -3.86. The summed E-state index contributed by atoms with van der Waals surface area (Å²) >= 11 is 3.07.